The third kappa shape index (κ3) is 3.52. The number of hydrogen-bond acceptors (Lipinski definition) is 4. The molecule has 1 saturated heterocycles. The van der Waals surface area contributed by atoms with Crippen LogP contribution in [0.3, 0.4) is 0 Å². The normalized spacial score (nSPS) is 16.4. The summed E-state index contributed by atoms with van der Waals surface area (Å²) in [6.07, 6.45) is 2.72. The molecule has 4 heteroatoms. The van der Waals surface area contributed by atoms with Gasteiger partial charge in [0.15, 0.2) is 11.5 Å². The van der Waals surface area contributed by atoms with Gasteiger partial charge in [0.25, 0.3) is 0 Å². The fourth-order valence-corrected chi connectivity index (χ4v) is 2.70. The summed E-state index contributed by atoms with van der Waals surface area (Å²) in [6.45, 7) is 4.50. The second-order valence-corrected chi connectivity index (χ2v) is 5.65. The first-order valence-electron chi connectivity index (χ1n) is 7.58. The Morgan fingerprint density at radius 2 is 2.14 bits per heavy atom. The molecule has 1 aliphatic rings. The standard InChI is InChI=1S/C17H21NO3/c1-12-2-3-16-13(10-12)11-17(21-16)15(19)6-9-20-14-4-7-18-8-5-14/h2-3,10-11,14,18H,4-9H2,1H3. The zero-order chi connectivity index (χ0) is 14.7. The Hall–Kier alpha value is -1.65. The maximum Gasteiger partial charge on any atom is 0.200 e. The van der Waals surface area contributed by atoms with E-state index in [2.05, 4.69) is 5.32 Å². The van der Waals surface area contributed by atoms with Crippen molar-refractivity contribution >= 4 is 16.8 Å². The molecular formula is C17H21NO3. The molecule has 0 atom stereocenters. The van der Waals surface area contributed by atoms with Crippen molar-refractivity contribution in [2.24, 2.45) is 0 Å². The number of piperidine rings is 1. The third-order valence-electron chi connectivity index (χ3n) is 3.92. The minimum atomic E-state index is 0.0118. The first-order chi connectivity index (χ1) is 10.2. The van der Waals surface area contributed by atoms with Crippen molar-refractivity contribution in [2.45, 2.75) is 32.3 Å². The van der Waals surface area contributed by atoms with E-state index in [-0.39, 0.29) is 11.9 Å². The van der Waals surface area contributed by atoms with Gasteiger partial charge in [0, 0.05) is 11.8 Å². The summed E-state index contributed by atoms with van der Waals surface area (Å²) in [4.78, 5) is 12.2. The zero-order valence-electron chi connectivity index (χ0n) is 12.4. The number of aryl methyl sites for hydroxylation is 1. The monoisotopic (exact) mass is 287 g/mol. The van der Waals surface area contributed by atoms with Gasteiger partial charge in [0.1, 0.15) is 5.58 Å². The lowest BCUT2D eigenvalue weighted by molar-refractivity contribution is 0.0309. The number of carbonyl (C=O) groups is 1. The molecule has 1 N–H and O–H groups in total. The summed E-state index contributed by atoms with van der Waals surface area (Å²) < 4.78 is 11.4. The maximum absolute atomic E-state index is 12.2. The van der Waals surface area contributed by atoms with Gasteiger partial charge < -0.3 is 14.5 Å². The predicted octanol–water partition coefficient (Wildman–Crippen LogP) is 3.08. The van der Waals surface area contributed by atoms with Crippen molar-refractivity contribution in [1.82, 2.24) is 5.32 Å². The number of ketones is 1. The molecule has 21 heavy (non-hydrogen) atoms. The van der Waals surface area contributed by atoms with Crippen LogP contribution in [0.15, 0.2) is 28.7 Å². The van der Waals surface area contributed by atoms with Gasteiger partial charge in [-0.3, -0.25) is 4.79 Å². The van der Waals surface area contributed by atoms with Crippen LogP contribution in [0.4, 0.5) is 0 Å². The summed E-state index contributed by atoms with van der Waals surface area (Å²) in [5.74, 6) is 0.447. The topological polar surface area (TPSA) is 51.5 Å². The minimum Gasteiger partial charge on any atom is -0.453 e. The highest BCUT2D eigenvalue weighted by Crippen LogP contribution is 2.21. The number of benzene rings is 1. The fraction of sp³-hybridized carbons (Fsp3) is 0.471. The second-order valence-electron chi connectivity index (χ2n) is 5.65. The molecule has 3 rings (SSSR count). The average Bonchev–Trinajstić information content (AvgIpc) is 2.91. The van der Waals surface area contributed by atoms with E-state index in [4.69, 9.17) is 9.15 Å². The van der Waals surface area contributed by atoms with Crippen LogP contribution in [0, 0.1) is 6.92 Å². The Labute approximate surface area is 124 Å². The molecule has 0 radical (unpaired) electrons. The number of carbonyl (C=O) groups excluding carboxylic acids is 1. The number of ether oxygens (including phenoxy) is 1. The summed E-state index contributed by atoms with van der Waals surface area (Å²) in [7, 11) is 0. The number of fused-ring (bicyclic) bond motifs is 1. The van der Waals surface area contributed by atoms with Crippen molar-refractivity contribution in [3.63, 3.8) is 0 Å². The van der Waals surface area contributed by atoms with Crippen molar-refractivity contribution in [3.05, 3.63) is 35.6 Å². The second kappa shape index (κ2) is 6.41. The van der Waals surface area contributed by atoms with Crippen LogP contribution in [-0.4, -0.2) is 31.6 Å². The van der Waals surface area contributed by atoms with Gasteiger partial charge in [-0.25, -0.2) is 0 Å². The lowest BCUT2D eigenvalue weighted by atomic mass is 10.1. The Balaban J connectivity index is 1.56. The van der Waals surface area contributed by atoms with Gasteiger partial charge in [-0.15, -0.1) is 0 Å². The van der Waals surface area contributed by atoms with E-state index in [1.807, 2.05) is 31.2 Å². The Bertz CT molecular complexity index is 626. The first-order valence-corrected chi connectivity index (χ1v) is 7.58. The number of hydrogen-bond donors (Lipinski definition) is 1. The van der Waals surface area contributed by atoms with E-state index < -0.39 is 0 Å². The van der Waals surface area contributed by atoms with E-state index in [1.54, 1.807) is 0 Å². The van der Waals surface area contributed by atoms with Crippen LogP contribution in [0.1, 0.15) is 35.4 Å². The Morgan fingerprint density at radius 1 is 1.33 bits per heavy atom. The molecule has 0 saturated carbocycles. The van der Waals surface area contributed by atoms with Crippen molar-refractivity contribution < 1.29 is 13.9 Å². The van der Waals surface area contributed by atoms with E-state index in [0.717, 1.165) is 42.5 Å². The molecule has 2 aromatic rings. The van der Waals surface area contributed by atoms with Crippen LogP contribution < -0.4 is 5.32 Å². The number of rotatable bonds is 5. The summed E-state index contributed by atoms with van der Waals surface area (Å²) >= 11 is 0. The van der Waals surface area contributed by atoms with Crippen LogP contribution in [0.5, 0.6) is 0 Å². The number of nitrogens with one attached hydrogen (secondary N) is 1. The minimum absolute atomic E-state index is 0.0118. The van der Waals surface area contributed by atoms with Crippen LogP contribution >= 0.6 is 0 Å². The molecule has 2 heterocycles. The Morgan fingerprint density at radius 3 is 2.95 bits per heavy atom. The van der Waals surface area contributed by atoms with Gasteiger partial charge in [0.2, 0.25) is 0 Å². The smallest absolute Gasteiger partial charge is 0.200 e. The lowest BCUT2D eigenvalue weighted by Gasteiger charge is -2.22. The highest BCUT2D eigenvalue weighted by atomic mass is 16.5. The van der Waals surface area contributed by atoms with Crippen LogP contribution in [0.25, 0.3) is 11.0 Å². The molecule has 0 spiro atoms. The molecule has 0 unspecified atom stereocenters. The molecule has 4 nitrogen and oxygen atoms in total. The highest BCUT2D eigenvalue weighted by molar-refractivity contribution is 5.97. The van der Waals surface area contributed by atoms with E-state index in [1.165, 1.54) is 0 Å². The van der Waals surface area contributed by atoms with E-state index in [9.17, 15) is 4.79 Å². The largest absolute Gasteiger partial charge is 0.453 e. The fourth-order valence-electron chi connectivity index (χ4n) is 2.70. The van der Waals surface area contributed by atoms with Gasteiger partial charge in [0.05, 0.1) is 12.7 Å². The summed E-state index contributed by atoms with van der Waals surface area (Å²) in [5.41, 5.74) is 1.93. The molecule has 0 aliphatic carbocycles. The molecule has 0 amide bonds. The molecule has 112 valence electrons. The van der Waals surface area contributed by atoms with Crippen molar-refractivity contribution in [1.29, 1.82) is 0 Å². The van der Waals surface area contributed by atoms with Crippen molar-refractivity contribution in [2.75, 3.05) is 19.7 Å². The van der Waals surface area contributed by atoms with Gasteiger partial charge >= 0.3 is 0 Å². The molecule has 1 aromatic carbocycles. The molecule has 1 aliphatic heterocycles. The quantitative estimate of drug-likeness (QED) is 0.859. The van der Waals surface area contributed by atoms with Crippen molar-refractivity contribution in [3.8, 4) is 0 Å². The van der Waals surface area contributed by atoms with Gasteiger partial charge in [-0.2, -0.15) is 0 Å². The highest BCUT2D eigenvalue weighted by Gasteiger charge is 2.16. The number of furan rings is 1. The summed E-state index contributed by atoms with van der Waals surface area (Å²) in [5, 5.41) is 4.28. The van der Waals surface area contributed by atoms with E-state index in [0.29, 0.717) is 18.8 Å². The molecule has 0 bridgehead atoms. The van der Waals surface area contributed by atoms with Crippen LogP contribution in [0.2, 0.25) is 0 Å². The lowest BCUT2D eigenvalue weighted by Crippen LogP contribution is -2.32. The van der Waals surface area contributed by atoms with Crippen LogP contribution in [-0.2, 0) is 4.74 Å². The van der Waals surface area contributed by atoms with Gasteiger partial charge in [-0.05, 0) is 51.1 Å². The molecular weight excluding hydrogens is 266 g/mol. The maximum atomic E-state index is 12.2. The van der Waals surface area contributed by atoms with E-state index >= 15 is 0 Å². The zero-order valence-corrected chi connectivity index (χ0v) is 12.4. The molecule has 1 fully saturated rings. The Kier molecular flexibility index (Phi) is 4.36. The SMILES string of the molecule is Cc1ccc2oc(C(=O)CCOC3CCNCC3)cc2c1. The van der Waals surface area contributed by atoms with Gasteiger partial charge in [-0.1, -0.05) is 11.6 Å². The number of Topliss-reactive ketones (excluding diaryl/α,β-unsaturated/α-hetero) is 1. The molecule has 1 aromatic heterocycles. The average molecular weight is 287 g/mol. The third-order valence-corrected chi connectivity index (χ3v) is 3.92. The predicted molar refractivity (Wildman–Crippen MR) is 81.7 cm³/mol. The first kappa shape index (κ1) is 14.3. The summed E-state index contributed by atoms with van der Waals surface area (Å²) in [6, 6.07) is 7.75.